The van der Waals surface area contributed by atoms with Crippen molar-refractivity contribution in [2.75, 3.05) is 6.54 Å². The summed E-state index contributed by atoms with van der Waals surface area (Å²) in [5, 5.41) is 23.3. The number of amides is 2. The van der Waals surface area contributed by atoms with Crippen molar-refractivity contribution in [2.45, 2.75) is 19.3 Å². The van der Waals surface area contributed by atoms with E-state index in [2.05, 4.69) is 5.10 Å². The Morgan fingerprint density at radius 1 is 1.21 bits per heavy atom. The van der Waals surface area contributed by atoms with Gasteiger partial charge in [-0.15, -0.1) is 0 Å². The first-order valence-electron chi connectivity index (χ1n) is 8.63. The molecule has 0 saturated carbocycles. The van der Waals surface area contributed by atoms with Gasteiger partial charge in [0.15, 0.2) is 0 Å². The summed E-state index contributed by atoms with van der Waals surface area (Å²) in [5.74, 6) is -1.34. The van der Waals surface area contributed by atoms with Crippen LogP contribution in [0.15, 0.2) is 41.4 Å². The van der Waals surface area contributed by atoms with Crippen LogP contribution in [0.5, 0.6) is 0 Å². The van der Waals surface area contributed by atoms with Gasteiger partial charge in [-0.25, -0.2) is 4.68 Å². The van der Waals surface area contributed by atoms with Crippen LogP contribution < -0.4 is 0 Å². The second-order valence-electron chi connectivity index (χ2n) is 6.14. The van der Waals surface area contributed by atoms with Crippen molar-refractivity contribution in [3.8, 4) is 5.69 Å². The summed E-state index contributed by atoms with van der Waals surface area (Å²) >= 11 is 0.809. The highest BCUT2D eigenvalue weighted by molar-refractivity contribution is 8.18. The van der Waals surface area contributed by atoms with Crippen LogP contribution in [0.3, 0.4) is 0 Å². The van der Waals surface area contributed by atoms with E-state index in [0.717, 1.165) is 16.7 Å². The third kappa shape index (κ3) is 4.88. The average Bonchev–Trinajstić information content (AvgIpc) is 3.25. The predicted octanol–water partition coefficient (Wildman–Crippen LogP) is 3.07. The predicted molar refractivity (Wildman–Crippen MR) is 104 cm³/mol. The summed E-state index contributed by atoms with van der Waals surface area (Å²) in [4.78, 5) is 46.6. The zero-order valence-electron chi connectivity index (χ0n) is 15.1. The molecule has 0 spiro atoms. The fraction of sp³-hybridized carbons (Fsp3) is 0.222. The van der Waals surface area contributed by atoms with Gasteiger partial charge < -0.3 is 5.11 Å². The zero-order valence-corrected chi connectivity index (χ0v) is 15.9. The first kappa shape index (κ1) is 20.3. The van der Waals surface area contributed by atoms with E-state index in [9.17, 15) is 24.5 Å². The third-order valence-electron chi connectivity index (χ3n) is 4.11. The highest BCUT2D eigenvalue weighted by Gasteiger charge is 2.34. The fourth-order valence-corrected chi connectivity index (χ4v) is 3.51. The van der Waals surface area contributed by atoms with Gasteiger partial charge in [0.05, 0.1) is 21.2 Å². The Labute approximate surface area is 168 Å². The normalized spacial score (nSPS) is 15.3. The molecule has 0 radical (unpaired) electrons. The van der Waals surface area contributed by atoms with Crippen molar-refractivity contribution in [1.29, 1.82) is 0 Å². The quantitative estimate of drug-likeness (QED) is 0.300. The number of aromatic nitrogens is 2. The van der Waals surface area contributed by atoms with E-state index in [4.69, 9.17) is 5.11 Å². The molecule has 2 amide bonds. The minimum absolute atomic E-state index is 0.00780. The fourth-order valence-electron chi connectivity index (χ4n) is 2.66. The summed E-state index contributed by atoms with van der Waals surface area (Å²) < 4.78 is 1.51. The van der Waals surface area contributed by atoms with Crippen molar-refractivity contribution in [2.24, 2.45) is 0 Å². The largest absolute Gasteiger partial charge is 0.481 e. The Morgan fingerprint density at radius 2 is 1.93 bits per heavy atom. The van der Waals surface area contributed by atoms with Crippen LogP contribution in [-0.4, -0.2) is 48.4 Å². The lowest BCUT2D eigenvalue weighted by Crippen LogP contribution is -2.29. The molecule has 1 aliphatic rings. The maximum Gasteiger partial charge on any atom is 0.303 e. The van der Waals surface area contributed by atoms with Gasteiger partial charge in [-0.05, 0) is 48.9 Å². The van der Waals surface area contributed by atoms with Crippen LogP contribution >= 0.6 is 11.8 Å². The Hall–Kier alpha value is -3.47. The lowest BCUT2D eigenvalue weighted by molar-refractivity contribution is -0.384. The van der Waals surface area contributed by atoms with Crippen LogP contribution in [0.25, 0.3) is 11.8 Å². The van der Waals surface area contributed by atoms with Crippen LogP contribution in [0.1, 0.15) is 25.0 Å². The average molecular weight is 416 g/mol. The van der Waals surface area contributed by atoms with E-state index in [-0.39, 0.29) is 23.6 Å². The molecule has 1 fully saturated rings. The molecule has 29 heavy (non-hydrogen) atoms. The number of carboxylic acids is 1. The van der Waals surface area contributed by atoms with E-state index in [1.807, 2.05) is 0 Å². The molecular formula is C18H16N4O6S. The van der Waals surface area contributed by atoms with E-state index in [0.29, 0.717) is 24.2 Å². The molecule has 2 aromatic rings. The Morgan fingerprint density at radius 3 is 2.59 bits per heavy atom. The topological polar surface area (TPSA) is 136 Å². The number of benzene rings is 1. The van der Waals surface area contributed by atoms with Crippen molar-refractivity contribution >= 4 is 40.6 Å². The van der Waals surface area contributed by atoms with E-state index < -0.39 is 22.0 Å². The zero-order chi connectivity index (χ0) is 21.0. The molecule has 0 bridgehead atoms. The van der Waals surface area contributed by atoms with E-state index >= 15 is 0 Å². The van der Waals surface area contributed by atoms with Gasteiger partial charge in [-0.3, -0.25) is 29.4 Å². The second kappa shape index (κ2) is 8.69. The maximum absolute atomic E-state index is 12.4. The molecule has 1 N–H and O–H groups in total. The number of carbonyl (C=O) groups excluding carboxylic acids is 2. The first-order valence-corrected chi connectivity index (χ1v) is 9.44. The number of thioether (sulfide) groups is 1. The lowest BCUT2D eigenvalue weighted by Gasteiger charge is -2.11. The second-order valence-corrected chi connectivity index (χ2v) is 7.14. The number of nitro groups is 1. The number of carbonyl (C=O) groups is 3. The number of unbranched alkanes of at least 4 members (excludes halogenated alkanes) is 1. The van der Waals surface area contributed by atoms with E-state index in [1.54, 1.807) is 24.4 Å². The number of nitro benzene ring substituents is 1. The van der Waals surface area contributed by atoms with Gasteiger partial charge in [0.25, 0.3) is 16.8 Å². The summed E-state index contributed by atoms with van der Waals surface area (Å²) in [6, 6.07) is 7.50. The lowest BCUT2D eigenvalue weighted by atomic mass is 10.2. The number of carboxylic acid groups (broad SMARTS) is 1. The van der Waals surface area contributed by atoms with Crippen LogP contribution in [0.4, 0.5) is 10.5 Å². The smallest absolute Gasteiger partial charge is 0.303 e. The number of nitrogens with zero attached hydrogens (tertiary/aromatic N) is 4. The van der Waals surface area contributed by atoms with Gasteiger partial charge in [0.1, 0.15) is 0 Å². The molecular weight excluding hydrogens is 400 g/mol. The number of hydrogen-bond acceptors (Lipinski definition) is 7. The molecule has 1 aromatic carbocycles. The number of rotatable bonds is 8. The molecule has 1 aliphatic heterocycles. The number of aliphatic carboxylic acids is 1. The minimum Gasteiger partial charge on any atom is -0.481 e. The summed E-state index contributed by atoms with van der Waals surface area (Å²) in [5.41, 5.74) is 1.04. The molecule has 11 heteroatoms. The highest BCUT2D eigenvalue weighted by Crippen LogP contribution is 2.32. The molecule has 1 saturated heterocycles. The van der Waals surface area contributed by atoms with Gasteiger partial charge in [-0.1, -0.05) is 0 Å². The van der Waals surface area contributed by atoms with Crippen molar-refractivity contribution in [3.63, 3.8) is 0 Å². The van der Waals surface area contributed by atoms with Crippen molar-refractivity contribution in [1.82, 2.24) is 14.7 Å². The van der Waals surface area contributed by atoms with Gasteiger partial charge in [0.2, 0.25) is 0 Å². The molecule has 2 heterocycles. The number of hydrogen-bond donors (Lipinski definition) is 1. The number of imide groups is 1. The standard InChI is InChI=1S/C18H16N4O6S/c23-16(24)3-1-2-9-20-17(25)15(29-18(20)26)11-12-8-10-21(19-12)13-4-6-14(7-5-13)22(27)28/h4-8,10-11H,1-3,9H2,(H,23,24)/b15-11-. The summed E-state index contributed by atoms with van der Waals surface area (Å²) in [6.07, 6.45) is 3.95. The van der Waals surface area contributed by atoms with E-state index in [1.165, 1.54) is 22.9 Å². The van der Waals surface area contributed by atoms with Crippen LogP contribution in [0, 0.1) is 10.1 Å². The molecule has 0 aliphatic carbocycles. The van der Waals surface area contributed by atoms with Gasteiger partial charge in [-0.2, -0.15) is 5.10 Å². The Balaban J connectivity index is 1.67. The van der Waals surface area contributed by atoms with Gasteiger partial charge >= 0.3 is 5.97 Å². The third-order valence-corrected chi connectivity index (χ3v) is 5.02. The Bertz CT molecular complexity index is 998. The molecule has 3 rings (SSSR count). The minimum atomic E-state index is -0.914. The molecule has 10 nitrogen and oxygen atoms in total. The SMILES string of the molecule is O=C(O)CCCCN1C(=O)S/C(=C\c2ccn(-c3ccc([N+](=O)[O-])cc3)n2)C1=O. The molecule has 0 unspecified atom stereocenters. The van der Waals surface area contributed by atoms with Crippen molar-refractivity contribution < 1.29 is 24.4 Å². The summed E-state index contributed by atoms with van der Waals surface area (Å²) in [7, 11) is 0. The highest BCUT2D eigenvalue weighted by atomic mass is 32.2. The summed E-state index contributed by atoms with van der Waals surface area (Å²) in [6.45, 7) is 0.173. The molecule has 150 valence electrons. The molecule has 0 atom stereocenters. The van der Waals surface area contributed by atoms with Crippen LogP contribution in [0.2, 0.25) is 0 Å². The monoisotopic (exact) mass is 416 g/mol. The van der Waals surface area contributed by atoms with Gasteiger partial charge in [0, 0.05) is 31.3 Å². The van der Waals surface area contributed by atoms with Crippen molar-refractivity contribution in [3.05, 3.63) is 57.2 Å². The maximum atomic E-state index is 12.4. The molecule has 1 aromatic heterocycles. The first-order chi connectivity index (χ1) is 13.8. The van der Waals surface area contributed by atoms with Crippen LogP contribution in [-0.2, 0) is 9.59 Å². The number of non-ortho nitro benzene ring substituents is 1. The Kier molecular flexibility index (Phi) is 6.07.